The Hall–Kier alpha value is -1.66. The molecule has 0 spiro atoms. The minimum absolute atomic E-state index is 0.0432. The number of carbonyl (C=O) groups is 1. The number of aromatic nitrogens is 1. The Balaban J connectivity index is 2.09. The first-order chi connectivity index (χ1) is 10.1. The predicted molar refractivity (Wildman–Crippen MR) is 82.6 cm³/mol. The maximum Gasteiger partial charge on any atom is 0.244 e. The summed E-state index contributed by atoms with van der Waals surface area (Å²) in [6.07, 6.45) is 1.65. The molecule has 116 valence electrons. The molecule has 6 nitrogen and oxygen atoms in total. The summed E-state index contributed by atoms with van der Waals surface area (Å²) in [5, 5.41) is 6.24. The van der Waals surface area contributed by atoms with Gasteiger partial charge in [-0.15, -0.1) is 0 Å². The third kappa shape index (κ3) is 3.71. The van der Waals surface area contributed by atoms with Gasteiger partial charge in [0.25, 0.3) is 0 Å². The van der Waals surface area contributed by atoms with Gasteiger partial charge in [0.05, 0.1) is 12.1 Å². The number of rotatable bonds is 5. The lowest BCUT2D eigenvalue weighted by molar-refractivity contribution is -0.126. The molecule has 21 heavy (non-hydrogen) atoms. The summed E-state index contributed by atoms with van der Waals surface area (Å²) in [5.74, 6) is 0.419. The Labute approximate surface area is 125 Å². The molecule has 2 N–H and O–H groups in total. The first-order valence-electron chi connectivity index (χ1n) is 7.40. The number of carbonyl (C=O) groups excluding carboxylic acids is 1. The van der Waals surface area contributed by atoms with Crippen molar-refractivity contribution in [2.75, 3.05) is 38.1 Å². The maximum atomic E-state index is 12.6. The fraction of sp³-hybridized carbons (Fsp3) is 0.600. The molecule has 0 bridgehead atoms. The van der Waals surface area contributed by atoms with Gasteiger partial charge in [0.15, 0.2) is 0 Å². The Morgan fingerprint density at radius 1 is 1.48 bits per heavy atom. The number of piperazine rings is 1. The number of hydrogen-bond acceptors (Lipinski definition) is 5. The molecule has 2 heterocycles. The summed E-state index contributed by atoms with van der Waals surface area (Å²) in [6.45, 7) is 9.86. The fourth-order valence-corrected chi connectivity index (χ4v) is 2.38. The van der Waals surface area contributed by atoms with Crippen LogP contribution in [-0.2, 0) is 4.79 Å². The van der Waals surface area contributed by atoms with Gasteiger partial charge in [-0.3, -0.25) is 9.69 Å². The van der Waals surface area contributed by atoms with E-state index in [1.54, 1.807) is 12.3 Å². The standard InChI is InChI=1S/C15H24N4O2/c1-4-21-13-12(6-5-7-17-13)18-14(20)15(2,3)19-10-8-16-9-11-19/h5-7,16H,4,8-11H2,1-3H3,(H,18,20). The first kappa shape index (κ1) is 15.7. The highest BCUT2D eigenvalue weighted by molar-refractivity contribution is 5.98. The van der Waals surface area contributed by atoms with Gasteiger partial charge in [-0.1, -0.05) is 0 Å². The van der Waals surface area contributed by atoms with Crippen LogP contribution < -0.4 is 15.4 Å². The van der Waals surface area contributed by atoms with Crippen molar-refractivity contribution in [1.82, 2.24) is 15.2 Å². The van der Waals surface area contributed by atoms with Crippen LogP contribution in [-0.4, -0.2) is 54.1 Å². The van der Waals surface area contributed by atoms with E-state index in [9.17, 15) is 4.79 Å². The van der Waals surface area contributed by atoms with Crippen molar-refractivity contribution in [1.29, 1.82) is 0 Å². The van der Waals surface area contributed by atoms with E-state index in [1.807, 2.05) is 26.8 Å². The Morgan fingerprint density at radius 3 is 2.86 bits per heavy atom. The van der Waals surface area contributed by atoms with Crippen LogP contribution in [0, 0.1) is 0 Å². The highest BCUT2D eigenvalue weighted by Crippen LogP contribution is 2.24. The zero-order chi connectivity index (χ0) is 15.3. The van der Waals surface area contributed by atoms with E-state index in [4.69, 9.17) is 4.74 Å². The minimum atomic E-state index is -0.568. The van der Waals surface area contributed by atoms with Crippen LogP contribution in [0.2, 0.25) is 0 Å². The van der Waals surface area contributed by atoms with Gasteiger partial charge in [-0.25, -0.2) is 4.98 Å². The SMILES string of the molecule is CCOc1ncccc1NC(=O)C(C)(C)N1CCNCC1. The fourth-order valence-electron chi connectivity index (χ4n) is 2.38. The summed E-state index contributed by atoms with van der Waals surface area (Å²) in [5.41, 5.74) is 0.0501. The maximum absolute atomic E-state index is 12.6. The molecule has 1 fully saturated rings. The summed E-state index contributed by atoms with van der Waals surface area (Å²) in [7, 11) is 0. The van der Waals surface area contributed by atoms with Crippen LogP contribution in [0.25, 0.3) is 0 Å². The zero-order valence-electron chi connectivity index (χ0n) is 13.0. The molecular weight excluding hydrogens is 268 g/mol. The molecular formula is C15H24N4O2. The van der Waals surface area contributed by atoms with Crippen molar-refractivity contribution in [2.24, 2.45) is 0 Å². The van der Waals surface area contributed by atoms with Crippen LogP contribution in [0.15, 0.2) is 18.3 Å². The molecule has 0 radical (unpaired) electrons. The molecule has 0 aliphatic carbocycles. The minimum Gasteiger partial charge on any atom is -0.476 e. The van der Waals surface area contributed by atoms with Crippen molar-refractivity contribution >= 4 is 11.6 Å². The van der Waals surface area contributed by atoms with E-state index in [1.165, 1.54) is 0 Å². The van der Waals surface area contributed by atoms with E-state index in [0.717, 1.165) is 26.2 Å². The molecule has 1 aliphatic rings. The topological polar surface area (TPSA) is 66.5 Å². The molecule has 1 aromatic rings. The zero-order valence-corrected chi connectivity index (χ0v) is 13.0. The summed E-state index contributed by atoms with van der Waals surface area (Å²) in [6, 6.07) is 3.60. The van der Waals surface area contributed by atoms with E-state index in [0.29, 0.717) is 18.2 Å². The van der Waals surface area contributed by atoms with Crippen molar-refractivity contribution in [3.05, 3.63) is 18.3 Å². The number of amides is 1. The van der Waals surface area contributed by atoms with Crippen LogP contribution in [0.4, 0.5) is 5.69 Å². The summed E-state index contributed by atoms with van der Waals surface area (Å²) in [4.78, 5) is 19.0. The monoisotopic (exact) mass is 292 g/mol. The molecule has 2 rings (SSSR count). The molecule has 0 atom stereocenters. The third-order valence-corrected chi connectivity index (χ3v) is 3.76. The Morgan fingerprint density at radius 2 is 2.19 bits per heavy atom. The second kappa shape index (κ2) is 6.87. The molecule has 1 aliphatic heterocycles. The largest absolute Gasteiger partial charge is 0.476 e. The smallest absolute Gasteiger partial charge is 0.244 e. The highest BCUT2D eigenvalue weighted by Gasteiger charge is 2.35. The highest BCUT2D eigenvalue weighted by atomic mass is 16.5. The second-order valence-electron chi connectivity index (χ2n) is 5.54. The van der Waals surface area contributed by atoms with Crippen LogP contribution >= 0.6 is 0 Å². The molecule has 6 heteroatoms. The molecule has 0 aromatic carbocycles. The van der Waals surface area contributed by atoms with Gasteiger partial charge < -0.3 is 15.4 Å². The number of pyridine rings is 1. The van der Waals surface area contributed by atoms with Gasteiger partial charge in [0, 0.05) is 32.4 Å². The quantitative estimate of drug-likeness (QED) is 0.851. The van der Waals surface area contributed by atoms with Crippen molar-refractivity contribution < 1.29 is 9.53 Å². The lowest BCUT2D eigenvalue weighted by atomic mass is 10.0. The molecule has 1 aromatic heterocycles. The van der Waals surface area contributed by atoms with Crippen molar-refractivity contribution in [2.45, 2.75) is 26.3 Å². The van der Waals surface area contributed by atoms with Gasteiger partial charge in [-0.05, 0) is 32.9 Å². The average molecular weight is 292 g/mol. The van der Waals surface area contributed by atoms with Gasteiger partial charge in [0.2, 0.25) is 11.8 Å². The van der Waals surface area contributed by atoms with Crippen LogP contribution in [0.5, 0.6) is 5.88 Å². The predicted octanol–water partition coefficient (Wildman–Crippen LogP) is 1.10. The van der Waals surface area contributed by atoms with Gasteiger partial charge in [-0.2, -0.15) is 0 Å². The Bertz CT molecular complexity index is 484. The van der Waals surface area contributed by atoms with Crippen LogP contribution in [0.1, 0.15) is 20.8 Å². The van der Waals surface area contributed by atoms with Crippen LogP contribution in [0.3, 0.4) is 0 Å². The van der Waals surface area contributed by atoms with Crippen molar-refractivity contribution in [3.63, 3.8) is 0 Å². The lowest BCUT2D eigenvalue weighted by Crippen LogP contribution is -2.58. The second-order valence-corrected chi connectivity index (χ2v) is 5.54. The number of nitrogens with zero attached hydrogens (tertiary/aromatic N) is 2. The number of nitrogens with one attached hydrogen (secondary N) is 2. The molecule has 1 amide bonds. The van der Waals surface area contributed by atoms with E-state index < -0.39 is 5.54 Å². The Kier molecular flexibility index (Phi) is 5.14. The van der Waals surface area contributed by atoms with E-state index >= 15 is 0 Å². The van der Waals surface area contributed by atoms with Gasteiger partial charge in [0.1, 0.15) is 5.69 Å². The molecule has 0 unspecified atom stereocenters. The number of anilines is 1. The van der Waals surface area contributed by atoms with E-state index in [2.05, 4.69) is 20.5 Å². The van der Waals surface area contributed by atoms with Crippen molar-refractivity contribution in [3.8, 4) is 5.88 Å². The molecule has 0 saturated carbocycles. The normalized spacial score (nSPS) is 16.5. The number of ether oxygens (including phenoxy) is 1. The summed E-state index contributed by atoms with van der Waals surface area (Å²) < 4.78 is 5.45. The van der Waals surface area contributed by atoms with E-state index in [-0.39, 0.29) is 5.91 Å². The lowest BCUT2D eigenvalue weighted by Gasteiger charge is -2.39. The first-order valence-corrected chi connectivity index (χ1v) is 7.40. The van der Waals surface area contributed by atoms with Gasteiger partial charge >= 0.3 is 0 Å². The average Bonchev–Trinajstić information content (AvgIpc) is 2.50. The molecule has 1 saturated heterocycles. The third-order valence-electron chi connectivity index (χ3n) is 3.76. The summed E-state index contributed by atoms with van der Waals surface area (Å²) >= 11 is 0. The number of hydrogen-bond donors (Lipinski definition) is 2.